The minimum absolute atomic E-state index is 0.0215. The second-order valence-corrected chi connectivity index (χ2v) is 11.0. The summed E-state index contributed by atoms with van der Waals surface area (Å²) >= 11 is 0. The van der Waals surface area contributed by atoms with Gasteiger partial charge in [0, 0.05) is 43.4 Å². The van der Waals surface area contributed by atoms with Gasteiger partial charge in [-0.2, -0.15) is 4.98 Å². The van der Waals surface area contributed by atoms with E-state index in [2.05, 4.69) is 54.3 Å². The summed E-state index contributed by atoms with van der Waals surface area (Å²) < 4.78 is 33.7. The van der Waals surface area contributed by atoms with Gasteiger partial charge in [0.05, 0.1) is 35.5 Å². The first-order chi connectivity index (χ1) is 20.0. The average Bonchev–Trinajstić information content (AvgIpc) is 3.49. The summed E-state index contributed by atoms with van der Waals surface area (Å²) in [5.41, 5.74) is 0.621. The fourth-order valence-electron chi connectivity index (χ4n) is 5.64. The molecule has 0 unspecified atom stereocenters. The molecule has 42 heavy (non-hydrogen) atoms. The summed E-state index contributed by atoms with van der Waals surface area (Å²) in [6, 6.07) is 5.80. The van der Waals surface area contributed by atoms with E-state index in [9.17, 15) is 18.7 Å². The van der Waals surface area contributed by atoms with Gasteiger partial charge in [0.1, 0.15) is 12.1 Å². The molecular weight excluding hydrogens is 546 g/mol. The number of fused-ring (bicyclic) bond motifs is 1. The Labute approximate surface area is 242 Å². The van der Waals surface area contributed by atoms with E-state index >= 15 is 0 Å². The van der Waals surface area contributed by atoms with Gasteiger partial charge in [-0.25, -0.2) is 18.7 Å². The number of ether oxygens (including phenoxy) is 1. The van der Waals surface area contributed by atoms with Gasteiger partial charge in [-0.1, -0.05) is 6.58 Å². The molecule has 2 fully saturated rings. The van der Waals surface area contributed by atoms with Crippen molar-refractivity contribution >= 4 is 40.6 Å². The van der Waals surface area contributed by atoms with Crippen LogP contribution in [0.25, 0.3) is 0 Å². The van der Waals surface area contributed by atoms with Crippen molar-refractivity contribution < 1.29 is 23.4 Å². The molecule has 11 nitrogen and oxygen atoms in total. The zero-order valence-electron chi connectivity index (χ0n) is 23.9. The zero-order chi connectivity index (χ0) is 30.2. The molecule has 3 aromatic rings. The van der Waals surface area contributed by atoms with Gasteiger partial charge in [0.25, 0.3) is 0 Å². The topological polar surface area (TPSA) is 128 Å². The number of amides is 1. The second-order valence-electron chi connectivity index (χ2n) is 11.0. The molecule has 5 rings (SSSR count). The Morgan fingerprint density at radius 1 is 1.10 bits per heavy atom. The molecule has 1 aromatic heterocycles. The highest BCUT2D eigenvalue weighted by molar-refractivity contribution is 6.02. The van der Waals surface area contributed by atoms with E-state index in [-0.39, 0.29) is 29.1 Å². The highest BCUT2D eigenvalue weighted by Crippen LogP contribution is 2.43. The molecule has 13 heteroatoms. The summed E-state index contributed by atoms with van der Waals surface area (Å²) in [5, 5.41) is 19.3. The third-order valence-corrected chi connectivity index (χ3v) is 7.59. The molecule has 2 aliphatic rings. The van der Waals surface area contributed by atoms with Crippen LogP contribution in [0.4, 0.5) is 43.4 Å². The lowest BCUT2D eigenvalue weighted by Crippen LogP contribution is -2.35. The third kappa shape index (κ3) is 5.97. The number of benzene rings is 2. The molecule has 222 valence electrons. The largest absolute Gasteiger partial charge is 0.494 e. The first kappa shape index (κ1) is 29.1. The van der Waals surface area contributed by atoms with E-state index in [1.165, 1.54) is 26.3 Å². The predicted molar refractivity (Wildman–Crippen MR) is 157 cm³/mol. The van der Waals surface area contributed by atoms with Crippen LogP contribution in [0, 0.1) is 17.6 Å². The molecule has 0 bridgehead atoms. The minimum atomic E-state index is -1.48. The third-order valence-electron chi connectivity index (χ3n) is 7.59. The van der Waals surface area contributed by atoms with Crippen molar-refractivity contribution in [3.8, 4) is 5.75 Å². The fraction of sp³-hybridized carbons (Fsp3) is 0.379. The number of halogens is 2. The van der Waals surface area contributed by atoms with Crippen LogP contribution in [0.15, 0.2) is 43.2 Å². The number of aromatic nitrogens is 3. The number of carbonyl (C=O) groups excluding carboxylic acids is 1. The number of rotatable bonds is 9. The SMILES string of the molecule is C=CC(=O)Nc1cc(Nc2ncnc(Nc3cc(F)c(F)cc3C(C)(C)O)n2)c(OC)cc1N1CC[C@H]2CN(C)C[C@H]21. The van der Waals surface area contributed by atoms with Crippen LogP contribution < -0.4 is 25.6 Å². The maximum absolute atomic E-state index is 14.1. The number of anilines is 6. The first-order valence-electron chi connectivity index (χ1n) is 13.5. The molecule has 2 saturated heterocycles. The Balaban J connectivity index is 1.47. The summed E-state index contributed by atoms with van der Waals surface area (Å²) in [4.78, 5) is 29.6. The number of nitrogens with one attached hydrogen (secondary N) is 3. The number of carbonyl (C=O) groups is 1. The lowest BCUT2D eigenvalue weighted by atomic mass is 9.96. The van der Waals surface area contributed by atoms with Gasteiger partial charge in [-0.3, -0.25) is 4.79 Å². The molecule has 3 heterocycles. The number of nitrogens with zero attached hydrogens (tertiary/aromatic N) is 5. The molecule has 0 aliphatic carbocycles. The quantitative estimate of drug-likeness (QED) is 0.274. The van der Waals surface area contributed by atoms with E-state index < -0.39 is 17.2 Å². The number of hydrogen-bond donors (Lipinski definition) is 4. The Hall–Kier alpha value is -4.36. The molecular formula is C29H34F2N8O3. The van der Waals surface area contributed by atoms with Crippen molar-refractivity contribution in [2.24, 2.45) is 5.92 Å². The van der Waals surface area contributed by atoms with Crippen LogP contribution in [0.1, 0.15) is 25.8 Å². The number of methoxy groups -OCH3 is 1. The molecule has 4 N–H and O–H groups in total. The van der Waals surface area contributed by atoms with Crippen molar-refractivity contribution in [2.75, 3.05) is 54.6 Å². The normalized spacial score (nSPS) is 18.5. The number of likely N-dealkylation sites (tertiary alicyclic amines) is 1. The van der Waals surface area contributed by atoms with E-state index in [4.69, 9.17) is 4.74 Å². The lowest BCUT2D eigenvalue weighted by Gasteiger charge is -2.29. The number of likely N-dealkylation sites (N-methyl/N-ethyl adjacent to an activating group) is 1. The summed E-state index contributed by atoms with van der Waals surface area (Å²) in [6.45, 7) is 9.31. The summed E-state index contributed by atoms with van der Waals surface area (Å²) in [5.74, 6) is -1.35. The maximum atomic E-state index is 14.1. The smallest absolute Gasteiger partial charge is 0.247 e. The van der Waals surface area contributed by atoms with Crippen molar-refractivity contribution in [3.05, 3.63) is 60.4 Å². The molecule has 0 saturated carbocycles. The van der Waals surface area contributed by atoms with Crippen LogP contribution in [-0.4, -0.2) is 70.7 Å². The molecule has 2 aliphatic heterocycles. The Kier molecular flexibility index (Phi) is 7.97. The molecule has 2 aromatic carbocycles. The summed E-state index contributed by atoms with van der Waals surface area (Å²) in [7, 11) is 3.66. The van der Waals surface area contributed by atoms with Gasteiger partial charge in [-0.05, 0) is 51.4 Å². The van der Waals surface area contributed by atoms with Gasteiger partial charge < -0.3 is 35.6 Å². The Bertz CT molecular complexity index is 1510. The van der Waals surface area contributed by atoms with Crippen molar-refractivity contribution in [1.82, 2.24) is 19.9 Å². The van der Waals surface area contributed by atoms with Crippen LogP contribution >= 0.6 is 0 Å². The molecule has 2 atom stereocenters. The Morgan fingerprint density at radius 2 is 1.79 bits per heavy atom. The van der Waals surface area contributed by atoms with E-state index in [0.29, 0.717) is 29.1 Å². The Morgan fingerprint density at radius 3 is 2.45 bits per heavy atom. The second kappa shape index (κ2) is 11.5. The van der Waals surface area contributed by atoms with Crippen LogP contribution in [0.5, 0.6) is 5.75 Å². The van der Waals surface area contributed by atoms with Crippen LogP contribution in [0.3, 0.4) is 0 Å². The van der Waals surface area contributed by atoms with Crippen molar-refractivity contribution in [3.63, 3.8) is 0 Å². The predicted octanol–water partition coefficient (Wildman–Crippen LogP) is 4.14. The van der Waals surface area contributed by atoms with Gasteiger partial charge in [0.15, 0.2) is 11.6 Å². The van der Waals surface area contributed by atoms with Gasteiger partial charge >= 0.3 is 0 Å². The maximum Gasteiger partial charge on any atom is 0.247 e. The molecule has 0 radical (unpaired) electrons. The van der Waals surface area contributed by atoms with Crippen molar-refractivity contribution in [2.45, 2.75) is 31.9 Å². The average molecular weight is 581 g/mol. The van der Waals surface area contributed by atoms with Crippen LogP contribution in [0.2, 0.25) is 0 Å². The monoisotopic (exact) mass is 580 g/mol. The standard InChI is InChI=1S/C29H34F2N8O3/c1-6-26(40)34-21-11-22(25(42-5)12-23(21)39-8-7-16-13-38(4)14-24(16)39)36-28-33-15-32-27(37-28)35-20-10-19(31)18(30)9-17(20)29(2,3)41/h6,9-12,15-16,24,41H,1,7-8,13-14H2,2-5H3,(H,34,40)(H2,32,33,35,36,37)/t16-,24+/m0/s1. The highest BCUT2D eigenvalue weighted by atomic mass is 19.2. The molecule has 0 spiro atoms. The number of aliphatic hydroxyl groups is 1. The minimum Gasteiger partial charge on any atom is -0.494 e. The van der Waals surface area contributed by atoms with Gasteiger partial charge in [-0.15, -0.1) is 0 Å². The zero-order valence-corrected chi connectivity index (χ0v) is 23.9. The van der Waals surface area contributed by atoms with Crippen molar-refractivity contribution in [1.29, 1.82) is 0 Å². The lowest BCUT2D eigenvalue weighted by molar-refractivity contribution is -0.111. The van der Waals surface area contributed by atoms with E-state index in [1.807, 2.05) is 6.07 Å². The highest BCUT2D eigenvalue weighted by Gasteiger charge is 2.41. The first-order valence-corrected chi connectivity index (χ1v) is 13.5. The molecule has 1 amide bonds. The number of hydrogen-bond acceptors (Lipinski definition) is 10. The van der Waals surface area contributed by atoms with Crippen LogP contribution in [-0.2, 0) is 10.4 Å². The van der Waals surface area contributed by atoms with E-state index in [0.717, 1.165) is 43.9 Å². The fourth-order valence-corrected chi connectivity index (χ4v) is 5.64. The van der Waals surface area contributed by atoms with E-state index in [1.54, 1.807) is 13.2 Å². The summed E-state index contributed by atoms with van der Waals surface area (Å²) in [6.07, 6.45) is 3.50. The van der Waals surface area contributed by atoms with Gasteiger partial charge in [0.2, 0.25) is 17.8 Å².